The summed E-state index contributed by atoms with van der Waals surface area (Å²) in [4.78, 5) is 0. The van der Waals surface area contributed by atoms with Crippen molar-refractivity contribution in [1.82, 2.24) is 0 Å². The number of hydrogen-bond donors (Lipinski definition) is 1. The highest BCUT2D eigenvalue weighted by Crippen LogP contribution is 2.33. The number of benzene rings is 2. The first-order chi connectivity index (χ1) is 10.0. The van der Waals surface area contributed by atoms with Gasteiger partial charge in [-0.3, -0.25) is 0 Å². The van der Waals surface area contributed by atoms with Gasteiger partial charge in [-0.2, -0.15) is 0 Å². The van der Waals surface area contributed by atoms with Crippen LogP contribution in [-0.4, -0.2) is 19.3 Å². The average molecular weight is 327 g/mol. The molecule has 0 aliphatic rings. The molecule has 1 unspecified atom stereocenters. The fourth-order valence-electron chi connectivity index (χ4n) is 2.19. The van der Waals surface area contributed by atoms with Crippen LogP contribution in [0.25, 0.3) is 0 Å². The molecule has 0 bridgehead atoms. The van der Waals surface area contributed by atoms with E-state index in [1.54, 1.807) is 50.6 Å². The predicted octanol–water partition coefficient (Wildman–Crippen LogP) is 4.29. The highest BCUT2D eigenvalue weighted by molar-refractivity contribution is 6.31. The monoisotopic (exact) mass is 326 g/mol. The van der Waals surface area contributed by atoms with Gasteiger partial charge < -0.3 is 14.6 Å². The largest absolute Gasteiger partial charge is 0.496 e. The molecule has 112 valence electrons. The zero-order valence-electron chi connectivity index (χ0n) is 11.8. The first-order valence-corrected chi connectivity index (χ1v) is 7.14. The van der Waals surface area contributed by atoms with Crippen LogP contribution < -0.4 is 9.47 Å². The van der Waals surface area contributed by atoms with E-state index in [0.29, 0.717) is 33.5 Å². The molecule has 0 amide bonds. The number of aliphatic hydroxyl groups excluding tert-OH is 1. The lowest BCUT2D eigenvalue weighted by molar-refractivity contribution is 0.173. The van der Waals surface area contributed by atoms with E-state index in [4.69, 9.17) is 32.7 Å². The van der Waals surface area contributed by atoms with Crippen molar-refractivity contribution in [2.75, 3.05) is 14.2 Å². The van der Waals surface area contributed by atoms with Crippen molar-refractivity contribution in [3.63, 3.8) is 0 Å². The van der Waals surface area contributed by atoms with Crippen molar-refractivity contribution in [1.29, 1.82) is 0 Å². The second-order valence-corrected chi connectivity index (χ2v) is 5.44. The molecule has 0 radical (unpaired) electrons. The summed E-state index contributed by atoms with van der Waals surface area (Å²) in [6.07, 6.45) is -0.383. The highest BCUT2D eigenvalue weighted by atomic mass is 35.5. The third-order valence-corrected chi connectivity index (χ3v) is 3.68. The molecule has 1 atom stereocenters. The summed E-state index contributed by atoms with van der Waals surface area (Å²) in [6, 6.07) is 10.5. The van der Waals surface area contributed by atoms with Crippen LogP contribution in [-0.2, 0) is 6.42 Å². The van der Waals surface area contributed by atoms with E-state index in [1.807, 2.05) is 0 Å². The van der Waals surface area contributed by atoms with Gasteiger partial charge in [0, 0.05) is 22.0 Å². The maximum absolute atomic E-state index is 10.5. The van der Waals surface area contributed by atoms with Gasteiger partial charge in [0.15, 0.2) is 0 Å². The molecule has 0 aliphatic carbocycles. The molecule has 0 saturated carbocycles. The van der Waals surface area contributed by atoms with Crippen LogP contribution in [0.4, 0.5) is 0 Å². The van der Waals surface area contributed by atoms with E-state index >= 15 is 0 Å². The number of ether oxygens (including phenoxy) is 2. The Morgan fingerprint density at radius 1 is 0.952 bits per heavy atom. The third-order valence-electron chi connectivity index (χ3n) is 3.21. The second-order valence-electron chi connectivity index (χ2n) is 4.56. The van der Waals surface area contributed by atoms with Gasteiger partial charge in [-0.25, -0.2) is 0 Å². The molecule has 0 fully saturated rings. The van der Waals surface area contributed by atoms with Crippen molar-refractivity contribution in [2.45, 2.75) is 12.5 Å². The second kappa shape index (κ2) is 7.03. The molecule has 2 aromatic carbocycles. The van der Waals surface area contributed by atoms with E-state index in [1.165, 1.54) is 0 Å². The van der Waals surface area contributed by atoms with E-state index < -0.39 is 6.10 Å². The number of methoxy groups -OCH3 is 2. The zero-order chi connectivity index (χ0) is 15.4. The Morgan fingerprint density at radius 2 is 1.57 bits per heavy atom. The molecule has 2 aromatic rings. The maximum Gasteiger partial charge on any atom is 0.126 e. The fraction of sp³-hybridized carbons (Fsp3) is 0.250. The molecule has 2 rings (SSSR count). The van der Waals surface area contributed by atoms with Crippen LogP contribution >= 0.6 is 23.2 Å². The van der Waals surface area contributed by atoms with Crippen molar-refractivity contribution in [3.05, 3.63) is 57.6 Å². The summed E-state index contributed by atoms with van der Waals surface area (Å²) in [5.74, 6) is 1.24. The van der Waals surface area contributed by atoms with E-state index in [9.17, 15) is 5.11 Å². The van der Waals surface area contributed by atoms with Gasteiger partial charge in [0.1, 0.15) is 11.5 Å². The zero-order valence-corrected chi connectivity index (χ0v) is 13.3. The lowest BCUT2D eigenvalue weighted by Gasteiger charge is -2.17. The lowest BCUT2D eigenvalue weighted by Crippen LogP contribution is -2.05. The highest BCUT2D eigenvalue weighted by Gasteiger charge is 2.16. The van der Waals surface area contributed by atoms with Crippen LogP contribution in [0.2, 0.25) is 10.0 Å². The Bertz CT molecular complexity index is 629. The number of aliphatic hydroxyl groups is 1. The van der Waals surface area contributed by atoms with Gasteiger partial charge in [0.25, 0.3) is 0 Å². The van der Waals surface area contributed by atoms with Gasteiger partial charge in [0.05, 0.1) is 20.3 Å². The van der Waals surface area contributed by atoms with Crippen LogP contribution in [0.5, 0.6) is 11.5 Å². The molecule has 0 spiro atoms. The SMILES string of the molecule is COc1ccc(Cl)cc1CC(O)c1ccc(Cl)cc1OC. The van der Waals surface area contributed by atoms with Gasteiger partial charge in [0.2, 0.25) is 0 Å². The first kappa shape index (κ1) is 16.0. The summed E-state index contributed by atoms with van der Waals surface area (Å²) >= 11 is 11.9. The molecule has 0 heterocycles. The number of rotatable bonds is 5. The molecule has 21 heavy (non-hydrogen) atoms. The summed E-state index contributed by atoms with van der Waals surface area (Å²) in [5.41, 5.74) is 1.50. The Kier molecular flexibility index (Phi) is 5.34. The maximum atomic E-state index is 10.5. The lowest BCUT2D eigenvalue weighted by atomic mass is 10.00. The van der Waals surface area contributed by atoms with Crippen molar-refractivity contribution < 1.29 is 14.6 Å². The third kappa shape index (κ3) is 3.82. The van der Waals surface area contributed by atoms with Crippen LogP contribution in [0.1, 0.15) is 17.2 Å². The quantitative estimate of drug-likeness (QED) is 0.890. The van der Waals surface area contributed by atoms with E-state index in [0.717, 1.165) is 5.56 Å². The number of halogens is 2. The van der Waals surface area contributed by atoms with Crippen molar-refractivity contribution in [2.24, 2.45) is 0 Å². The standard InChI is InChI=1S/C16H16Cl2O3/c1-20-15-6-4-11(17)7-10(15)8-14(19)13-5-3-12(18)9-16(13)21-2/h3-7,9,14,19H,8H2,1-2H3. The minimum atomic E-state index is -0.746. The van der Waals surface area contributed by atoms with Crippen LogP contribution in [0.3, 0.4) is 0 Å². The molecule has 1 N–H and O–H groups in total. The normalized spacial score (nSPS) is 12.0. The Labute approximate surface area is 134 Å². The first-order valence-electron chi connectivity index (χ1n) is 6.39. The van der Waals surface area contributed by atoms with Crippen LogP contribution in [0, 0.1) is 0 Å². The average Bonchev–Trinajstić information content (AvgIpc) is 2.47. The Morgan fingerprint density at radius 3 is 2.24 bits per heavy atom. The smallest absolute Gasteiger partial charge is 0.126 e. The molecule has 3 nitrogen and oxygen atoms in total. The predicted molar refractivity (Wildman–Crippen MR) is 84.7 cm³/mol. The molecular formula is C16H16Cl2O3. The van der Waals surface area contributed by atoms with Crippen molar-refractivity contribution in [3.8, 4) is 11.5 Å². The molecular weight excluding hydrogens is 311 g/mol. The molecule has 5 heteroatoms. The van der Waals surface area contributed by atoms with Gasteiger partial charge >= 0.3 is 0 Å². The topological polar surface area (TPSA) is 38.7 Å². The van der Waals surface area contributed by atoms with E-state index in [-0.39, 0.29) is 0 Å². The van der Waals surface area contributed by atoms with Gasteiger partial charge in [-0.1, -0.05) is 29.3 Å². The molecule has 0 saturated heterocycles. The Balaban J connectivity index is 2.30. The summed E-state index contributed by atoms with van der Waals surface area (Å²) < 4.78 is 10.6. The van der Waals surface area contributed by atoms with Crippen LogP contribution in [0.15, 0.2) is 36.4 Å². The van der Waals surface area contributed by atoms with E-state index in [2.05, 4.69) is 0 Å². The summed E-state index contributed by atoms with van der Waals surface area (Å²) in [6.45, 7) is 0. The minimum Gasteiger partial charge on any atom is -0.496 e. The summed E-state index contributed by atoms with van der Waals surface area (Å²) in [5, 5.41) is 11.6. The van der Waals surface area contributed by atoms with Gasteiger partial charge in [-0.05, 0) is 35.9 Å². The van der Waals surface area contributed by atoms with Gasteiger partial charge in [-0.15, -0.1) is 0 Å². The fourth-order valence-corrected chi connectivity index (χ4v) is 2.54. The summed E-state index contributed by atoms with van der Waals surface area (Å²) in [7, 11) is 3.13. The van der Waals surface area contributed by atoms with Crippen molar-refractivity contribution >= 4 is 23.2 Å². The molecule has 0 aliphatic heterocycles. The molecule has 0 aromatic heterocycles. The minimum absolute atomic E-state index is 0.363. The number of hydrogen-bond acceptors (Lipinski definition) is 3. The Hall–Kier alpha value is -1.42.